The number of aromatic amines is 1. The fraction of sp³-hybridized carbons (Fsp3) is 0. The van der Waals surface area contributed by atoms with E-state index < -0.39 is 0 Å². The number of anilines is 1. The van der Waals surface area contributed by atoms with Crippen molar-refractivity contribution >= 4 is 26.7 Å². The molecule has 0 aliphatic carbocycles. The third-order valence-electron chi connectivity index (χ3n) is 1.72. The van der Waals surface area contributed by atoms with Gasteiger partial charge in [-0.15, -0.1) is 0 Å². The molecular weight excluding hydrogens is 208 g/mol. The number of nitrogens with zero attached hydrogens (tertiary/aromatic N) is 2. The third-order valence-corrected chi connectivity index (χ3v) is 2.58. The van der Waals surface area contributed by atoms with Crippen molar-refractivity contribution < 1.29 is 0 Å². The average Bonchev–Trinajstić information content (AvgIpc) is 2.87. The lowest BCUT2D eigenvalue weighted by Gasteiger charge is -1.80. The van der Waals surface area contributed by atoms with Crippen molar-refractivity contribution in [2.45, 2.75) is 0 Å². The first-order valence-electron chi connectivity index (χ1n) is 4.41. The number of nitrogens with two attached hydrogens (primary N) is 1. The van der Waals surface area contributed by atoms with Crippen molar-refractivity contribution in [2.24, 2.45) is 0 Å². The Morgan fingerprint density at radius 1 is 1.20 bits per heavy atom. The smallest absolute Gasteiger partial charge is 0.181 e. The third kappa shape index (κ3) is 2.54. The topological polar surface area (TPSA) is 67.6 Å². The number of benzene rings is 1. The molecule has 0 fully saturated rings. The fourth-order valence-corrected chi connectivity index (χ4v) is 1.84. The van der Waals surface area contributed by atoms with Crippen LogP contribution < -0.4 is 5.73 Å². The number of hydrogen-bond acceptors (Lipinski definition) is 4. The number of para-hydroxylation sites is 1. The van der Waals surface area contributed by atoms with E-state index in [-0.39, 0.29) is 0 Å². The zero-order valence-electron chi connectivity index (χ0n) is 7.92. The molecule has 0 amide bonds. The largest absolute Gasteiger partial charge is 0.375 e. The molecular formula is C10H10N4S. The second-order valence-electron chi connectivity index (χ2n) is 2.79. The molecule has 0 aliphatic rings. The highest BCUT2D eigenvalue weighted by atomic mass is 32.1. The van der Waals surface area contributed by atoms with Crippen LogP contribution >= 0.6 is 11.3 Å². The van der Waals surface area contributed by atoms with Crippen LogP contribution in [0.2, 0.25) is 0 Å². The maximum atomic E-state index is 5.50. The lowest BCUT2D eigenvalue weighted by atomic mass is 10.3. The average molecular weight is 218 g/mol. The predicted molar refractivity (Wildman–Crippen MR) is 62.6 cm³/mol. The van der Waals surface area contributed by atoms with E-state index >= 15 is 0 Å². The number of nitrogens with one attached hydrogen (secondary N) is 1. The monoisotopic (exact) mass is 218 g/mol. The Morgan fingerprint density at radius 2 is 2.07 bits per heavy atom. The van der Waals surface area contributed by atoms with E-state index in [1.165, 1.54) is 11.3 Å². The SMILES string of the molecule is Nc1nc2ccccc2s1.c1cn[nH]c1. The van der Waals surface area contributed by atoms with Gasteiger partial charge in [0, 0.05) is 12.4 Å². The Bertz CT molecular complexity index is 465. The van der Waals surface area contributed by atoms with Gasteiger partial charge in [-0.2, -0.15) is 5.10 Å². The molecule has 0 atom stereocenters. The van der Waals surface area contributed by atoms with Gasteiger partial charge in [0.05, 0.1) is 10.2 Å². The van der Waals surface area contributed by atoms with Crippen LogP contribution in [0.3, 0.4) is 0 Å². The molecule has 0 spiro atoms. The van der Waals surface area contributed by atoms with E-state index in [1.807, 2.05) is 30.3 Å². The molecule has 3 rings (SSSR count). The molecule has 15 heavy (non-hydrogen) atoms. The summed E-state index contributed by atoms with van der Waals surface area (Å²) < 4.78 is 1.15. The highest BCUT2D eigenvalue weighted by Gasteiger charge is 1.96. The molecule has 3 N–H and O–H groups in total. The summed E-state index contributed by atoms with van der Waals surface area (Å²) in [5, 5.41) is 6.85. The first-order valence-corrected chi connectivity index (χ1v) is 5.23. The summed E-state index contributed by atoms with van der Waals surface area (Å²) in [6.07, 6.45) is 3.46. The van der Waals surface area contributed by atoms with E-state index in [2.05, 4.69) is 15.2 Å². The van der Waals surface area contributed by atoms with Crippen LogP contribution in [0.4, 0.5) is 5.13 Å². The molecule has 3 aromatic rings. The van der Waals surface area contributed by atoms with Gasteiger partial charge in [-0.3, -0.25) is 5.10 Å². The number of fused-ring (bicyclic) bond motifs is 1. The van der Waals surface area contributed by atoms with Crippen LogP contribution in [0.25, 0.3) is 10.2 Å². The van der Waals surface area contributed by atoms with Crippen molar-refractivity contribution in [3.63, 3.8) is 0 Å². The second kappa shape index (κ2) is 4.56. The van der Waals surface area contributed by atoms with Crippen molar-refractivity contribution in [3.8, 4) is 0 Å². The Morgan fingerprint density at radius 3 is 2.67 bits per heavy atom. The molecule has 76 valence electrons. The van der Waals surface area contributed by atoms with Gasteiger partial charge in [0.15, 0.2) is 5.13 Å². The molecule has 5 heteroatoms. The first-order chi connectivity index (χ1) is 7.36. The van der Waals surface area contributed by atoms with Gasteiger partial charge in [-0.05, 0) is 18.2 Å². The second-order valence-corrected chi connectivity index (χ2v) is 3.85. The van der Waals surface area contributed by atoms with Crippen LogP contribution in [-0.4, -0.2) is 15.2 Å². The van der Waals surface area contributed by atoms with E-state index in [9.17, 15) is 0 Å². The zero-order chi connectivity index (χ0) is 10.5. The summed E-state index contributed by atoms with van der Waals surface area (Å²) in [5.41, 5.74) is 6.49. The lowest BCUT2D eigenvalue weighted by Crippen LogP contribution is -1.78. The van der Waals surface area contributed by atoms with Gasteiger partial charge in [0.1, 0.15) is 0 Å². The van der Waals surface area contributed by atoms with Crippen molar-refractivity contribution in [2.75, 3.05) is 5.73 Å². The number of thiazole rings is 1. The lowest BCUT2D eigenvalue weighted by molar-refractivity contribution is 1.09. The van der Waals surface area contributed by atoms with E-state index in [1.54, 1.807) is 12.4 Å². The summed E-state index contributed by atoms with van der Waals surface area (Å²) in [4.78, 5) is 4.11. The summed E-state index contributed by atoms with van der Waals surface area (Å²) in [7, 11) is 0. The van der Waals surface area contributed by atoms with Gasteiger partial charge in [-0.25, -0.2) is 4.98 Å². The minimum Gasteiger partial charge on any atom is -0.375 e. The van der Waals surface area contributed by atoms with Crippen LogP contribution in [0, 0.1) is 0 Å². The Kier molecular flexibility index (Phi) is 2.94. The summed E-state index contributed by atoms with van der Waals surface area (Å²) >= 11 is 1.52. The van der Waals surface area contributed by atoms with E-state index in [4.69, 9.17) is 5.73 Å². The van der Waals surface area contributed by atoms with E-state index in [0.29, 0.717) is 5.13 Å². The first kappa shape index (κ1) is 9.67. The molecule has 4 nitrogen and oxygen atoms in total. The maximum absolute atomic E-state index is 5.50. The number of nitrogen functional groups attached to an aromatic ring is 1. The van der Waals surface area contributed by atoms with Crippen LogP contribution in [0.5, 0.6) is 0 Å². The summed E-state index contributed by atoms with van der Waals surface area (Å²) in [5.74, 6) is 0. The van der Waals surface area contributed by atoms with Gasteiger partial charge >= 0.3 is 0 Å². The molecule has 0 saturated carbocycles. The standard InChI is InChI=1S/C7H6N2S.C3H4N2/c8-7-9-5-3-1-2-4-6(5)10-7;1-2-4-5-3-1/h1-4H,(H2,8,9);1-3H,(H,4,5). The normalized spacial score (nSPS) is 9.60. The van der Waals surface area contributed by atoms with Gasteiger partial charge in [0.2, 0.25) is 0 Å². The molecule has 0 bridgehead atoms. The summed E-state index contributed by atoms with van der Waals surface area (Å²) in [6.45, 7) is 0. The van der Waals surface area contributed by atoms with Crippen molar-refractivity contribution in [1.29, 1.82) is 0 Å². The Balaban J connectivity index is 0.000000144. The number of H-pyrrole nitrogens is 1. The summed E-state index contributed by atoms with van der Waals surface area (Å²) in [6, 6.07) is 9.76. The fourth-order valence-electron chi connectivity index (χ4n) is 1.11. The highest BCUT2D eigenvalue weighted by molar-refractivity contribution is 7.22. The molecule has 0 radical (unpaired) electrons. The molecule has 2 heterocycles. The molecule has 2 aromatic heterocycles. The zero-order valence-corrected chi connectivity index (χ0v) is 8.74. The Hall–Kier alpha value is -1.88. The molecule has 0 unspecified atom stereocenters. The minimum atomic E-state index is 0.640. The van der Waals surface area contributed by atoms with Gasteiger partial charge < -0.3 is 5.73 Å². The van der Waals surface area contributed by atoms with Crippen LogP contribution in [0.15, 0.2) is 42.7 Å². The number of aromatic nitrogens is 3. The Labute approximate surface area is 90.8 Å². The van der Waals surface area contributed by atoms with Gasteiger partial charge in [0.25, 0.3) is 0 Å². The van der Waals surface area contributed by atoms with Gasteiger partial charge in [-0.1, -0.05) is 23.5 Å². The van der Waals surface area contributed by atoms with Crippen molar-refractivity contribution in [3.05, 3.63) is 42.7 Å². The molecule has 0 saturated heterocycles. The highest BCUT2D eigenvalue weighted by Crippen LogP contribution is 2.22. The number of hydrogen-bond donors (Lipinski definition) is 2. The van der Waals surface area contributed by atoms with Crippen LogP contribution in [-0.2, 0) is 0 Å². The van der Waals surface area contributed by atoms with Crippen LogP contribution in [0.1, 0.15) is 0 Å². The molecule has 1 aromatic carbocycles. The molecule has 0 aliphatic heterocycles. The number of rotatable bonds is 0. The van der Waals surface area contributed by atoms with E-state index in [0.717, 1.165) is 10.2 Å². The quantitative estimate of drug-likeness (QED) is 0.608. The maximum Gasteiger partial charge on any atom is 0.181 e. The predicted octanol–water partition coefficient (Wildman–Crippen LogP) is 2.29. The minimum absolute atomic E-state index is 0.640. The van der Waals surface area contributed by atoms with Crippen molar-refractivity contribution in [1.82, 2.24) is 15.2 Å².